The summed E-state index contributed by atoms with van der Waals surface area (Å²) in [7, 11) is 3.70. The molecule has 2 aromatic rings. The van der Waals surface area contributed by atoms with Crippen molar-refractivity contribution >= 4 is 5.91 Å². The van der Waals surface area contributed by atoms with Gasteiger partial charge >= 0.3 is 0 Å². The molecule has 0 aromatic heterocycles. The highest BCUT2D eigenvalue weighted by Crippen LogP contribution is 2.29. The number of rotatable bonds is 7. The first-order chi connectivity index (χ1) is 16.1. The molecule has 0 radical (unpaired) electrons. The van der Waals surface area contributed by atoms with Gasteiger partial charge in [0.05, 0.1) is 24.8 Å². The van der Waals surface area contributed by atoms with Gasteiger partial charge in [-0.3, -0.25) is 14.6 Å². The molecule has 4 rings (SSSR count). The molecule has 1 unspecified atom stereocenters. The summed E-state index contributed by atoms with van der Waals surface area (Å²) in [5, 5.41) is 9.06. The average molecular weight is 449 g/mol. The highest BCUT2D eigenvalue weighted by atomic mass is 16.5. The lowest BCUT2D eigenvalue weighted by atomic mass is 10.1. The van der Waals surface area contributed by atoms with E-state index < -0.39 is 0 Å². The molecular formula is C26H32N4O3. The molecule has 1 amide bonds. The van der Waals surface area contributed by atoms with E-state index >= 15 is 0 Å². The van der Waals surface area contributed by atoms with Gasteiger partial charge in [0, 0.05) is 32.7 Å². The van der Waals surface area contributed by atoms with E-state index in [-0.39, 0.29) is 11.9 Å². The van der Waals surface area contributed by atoms with Gasteiger partial charge in [-0.1, -0.05) is 18.2 Å². The van der Waals surface area contributed by atoms with Crippen LogP contribution in [0.3, 0.4) is 0 Å². The molecule has 2 saturated heterocycles. The quantitative estimate of drug-likeness (QED) is 0.649. The zero-order chi connectivity index (χ0) is 23.2. The van der Waals surface area contributed by atoms with E-state index in [0.29, 0.717) is 23.7 Å². The molecule has 0 saturated carbocycles. The first-order valence-electron chi connectivity index (χ1n) is 11.6. The standard InChI is InChI=1S/C26H32N4O3/c1-28-10-4-7-23(28)26(31)30-13-11-29(12-14-30)18-21-8-9-24(25(16-21)32-2)33-19-22-6-3-5-20(15-22)17-27/h3,5-6,8-9,15-16,23H,4,7,10-14,18-19H2,1-2H3. The second kappa shape index (κ2) is 10.7. The van der Waals surface area contributed by atoms with Crippen molar-refractivity contribution in [1.82, 2.24) is 14.7 Å². The minimum Gasteiger partial charge on any atom is -0.493 e. The summed E-state index contributed by atoms with van der Waals surface area (Å²) in [6.45, 7) is 5.51. The molecule has 0 aliphatic carbocycles. The lowest BCUT2D eigenvalue weighted by Crippen LogP contribution is -2.52. The number of amides is 1. The average Bonchev–Trinajstić information content (AvgIpc) is 3.29. The lowest BCUT2D eigenvalue weighted by molar-refractivity contribution is -0.137. The van der Waals surface area contributed by atoms with Crippen LogP contribution >= 0.6 is 0 Å². The van der Waals surface area contributed by atoms with Crippen LogP contribution in [-0.2, 0) is 17.9 Å². The number of hydrogen-bond donors (Lipinski definition) is 0. The number of carbonyl (C=O) groups is 1. The summed E-state index contributed by atoms with van der Waals surface area (Å²) in [6, 6.07) is 15.7. The van der Waals surface area contributed by atoms with Gasteiger partial charge < -0.3 is 14.4 Å². The molecule has 0 bridgehead atoms. The van der Waals surface area contributed by atoms with E-state index in [4.69, 9.17) is 14.7 Å². The van der Waals surface area contributed by atoms with E-state index in [1.54, 1.807) is 13.2 Å². The van der Waals surface area contributed by atoms with Crippen molar-refractivity contribution in [3.05, 3.63) is 59.2 Å². The number of carbonyl (C=O) groups excluding carboxylic acids is 1. The third-order valence-corrected chi connectivity index (χ3v) is 6.57. The number of likely N-dealkylation sites (tertiary alicyclic amines) is 1. The van der Waals surface area contributed by atoms with Gasteiger partial charge in [-0.15, -0.1) is 0 Å². The van der Waals surface area contributed by atoms with Crippen LogP contribution in [0.2, 0.25) is 0 Å². The lowest BCUT2D eigenvalue weighted by Gasteiger charge is -2.37. The third-order valence-electron chi connectivity index (χ3n) is 6.57. The minimum atomic E-state index is 0.0655. The van der Waals surface area contributed by atoms with Gasteiger partial charge in [-0.25, -0.2) is 0 Å². The van der Waals surface area contributed by atoms with Crippen LogP contribution in [0, 0.1) is 11.3 Å². The number of benzene rings is 2. The number of piperazine rings is 1. The Bertz CT molecular complexity index is 1010. The van der Waals surface area contributed by atoms with Crippen molar-refractivity contribution in [3.8, 4) is 17.6 Å². The Labute approximate surface area is 196 Å². The Balaban J connectivity index is 1.31. The highest BCUT2D eigenvalue weighted by molar-refractivity contribution is 5.82. The van der Waals surface area contributed by atoms with Gasteiger partial charge in [-0.05, 0) is 61.8 Å². The molecule has 174 valence electrons. The molecule has 1 atom stereocenters. The third kappa shape index (κ3) is 5.65. The topological polar surface area (TPSA) is 69.0 Å². The summed E-state index contributed by atoms with van der Waals surface area (Å²) in [5.41, 5.74) is 2.72. The molecule has 2 heterocycles. The zero-order valence-corrected chi connectivity index (χ0v) is 19.5. The van der Waals surface area contributed by atoms with Gasteiger partial charge in [0.2, 0.25) is 5.91 Å². The molecule has 2 aromatic carbocycles. The fraction of sp³-hybridized carbons (Fsp3) is 0.462. The van der Waals surface area contributed by atoms with Crippen molar-refractivity contribution < 1.29 is 14.3 Å². The smallest absolute Gasteiger partial charge is 0.240 e. The Morgan fingerprint density at radius 2 is 1.88 bits per heavy atom. The fourth-order valence-corrected chi connectivity index (χ4v) is 4.64. The Morgan fingerprint density at radius 3 is 2.58 bits per heavy atom. The Kier molecular flexibility index (Phi) is 7.48. The number of hydrogen-bond acceptors (Lipinski definition) is 6. The Morgan fingerprint density at radius 1 is 1.06 bits per heavy atom. The number of likely N-dealkylation sites (N-methyl/N-ethyl adjacent to an activating group) is 1. The van der Waals surface area contributed by atoms with Crippen LogP contribution in [0.25, 0.3) is 0 Å². The Hall–Kier alpha value is -3.08. The predicted octanol–water partition coefficient (Wildman–Crippen LogP) is 2.88. The highest BCUT2D eigenvalue weighted by Gasteiger charge is 2.32. The van der Waals surface area contributed by atoms with Crippen LogP contribution in [-0.4, -0.2) is 73.5 Å². The summed E-state index contributed by atoms with van der Waals surface area (Å²) in [6.07, 6.45) is 2.09. The van der Waals surface area contributed by atoms with E-state index in [9.17, 15) is 4.79 Å². The van der Waals surface area contributed by atoms with Crippen molar-refractivity contribution in [2.24, 2.45) is 0 Å². The predicted molar refractivity (Wildman–Crippen MR) is 126 cm³/mol. The number of methoxy groups -OCH3 is 1. The van der Waals surface area contributed by atoms with Crippen LogP contribution in [0.5, 0.6) is 11.5 Å². The monoisotopic (exact) mass is 448 g/mol. The zero-order valence-electron chi connectivity index (χ0n) is 19.5. The van der Waals surface area contributed by atoms with Gasteiger partial charge in [0.25, 0.3) is 0 Å². The molecule has 7 nitrogen and oxygen atoms in total. The summed E-state index contributed by atoms with van der Waals surface area (Å²) in [5.74, 6) is 1.67. The van der Waals surface area contributed by atoms with Crippen molar-refractivity contribution in [1.29, 1.82) is 5.26 Å². The van der Waals surface area contributed by atoms with E-state index in [0.717, 1.165) is 63.2 Å². The van der Waals surface area contributed by atoms with Crippen LogP contribution in [0.4, 0.5) is 0 Å². The molecule has 0 N–H and O–H groups in total. The first-order valence-corrected chi connectivity index (χ1v) is 11.6. The SMILES string of the molecule is COc1cc(CN2CCN(C(=O)C3CCCN3C)CC2)ccc1OCc1cccc(C#N)c1. The molecule has 2 fully saturated rings. The van der Waals surface area contributed by atoms with Crippen LogP contribution < -0.4 is 9.47 Å². The number of nitrogens with zero attached hydrogens (tertiary/aromatic N) is 4. The first kappa shape index (κ1) is 23.1. The molecule has 7 heteroatoms. The molecule has 33 heavy (non-hydrogen) atoms. The van der Waals surface area contributed by atoms with Gasteiger partial charge in [-0.2, -0.15) is 5.26 Å². The second-order valence-electron chi connectivity index (χ2n) is 8.83. The molecule has 2 aliphatic heterocycles. The summed E-state index contributed by atoms with van der Waals surface area (Å²) < 4.78 is 11.5. The van der Waals surface area contributed by atoms with Gasteiger partial charge in [0.1, 0.15) is 6.61 Å². The van der Waals surface area contributed by atoms with Gasteiger partial charge in [0.15, 0.2) is 11.5 Å². The molecular weight excluding hydrogens is 416 g/mol. The largest absolute Gasteiger partial charge is 0.493 e. The fourth-order valence-electron chi connectivity index (χ4n) is 4.64. The van der Waals surface area contributed by atoms with Crippen LogP contribution in [0.1, 0.15) is 29.5 Å². The summed E-state index contributed by atoms with van der Waals surface area (Å²) in [4.78, 5) is 19.4. The van der Waals surface area contributed by atoms with Crippen molar-refractivity contribution in [2.75, 3.05) is 46.9 Å². The normalized spacial score (nSPS) is 19.3. The van der Waals surface area contributed by atoms with Crippen molar-refractivity contribution in [2.45, 2.75) is 32.0 Å². The number of ether oxygens (including phenoxy) is 2. The second-order valence-corrected chi connectivity index (χ2v) is 8.83. The van der Waals surface area contributed by atoms with Crippen molar-refractivity contribution in [3.63, 3.8) is 0 Å². The summed E-state index contributed by atoms with van der Waals surface area (Å²) >= 11 is 0. The number of nitriles is 1. The maximum Gasteiger partial charge on any atom is 0.240 e. The molecule has 2 aliphatic rings. The van der Waals surface area contributed by atoms with Crippen LogP contribution in [0.15, 0.2) is 42.5 Å². The van der Waals surface area contributed by atoms with E-state index in [1.165, 1.54) is 0 Å². The maximum absolute atomic E-state index is 12.8. The maximum atomic E-state index is 12.8. The van der Waals surface area contributed by atoms with E-state index in [2.05, 4.69) is 29.0 Å². The molecule has 0 spiro atoms. The minimum absolute atomic E-state index is 0.0655. The van der Waals surface area contributed by atoms with E-state index in [1.807, 2.05) is 35.2 Å².